The molecule has 0 spiro atoms. The topological polar surface area (TPSA) is 68.0 Å². The highest BCUT2D eigenvalue weighted by atomic mass is 16.5. The molecular weight excluding hydrogens is 220 g/mol. The molecule has 5 nitrogen and oxygen atoms in total. The van der Waals surface area contributed by atoms with E-state index in [1.165, 1.54) is 0 Å². The van der Waals surface area contributed by atoms with Crippen LogP contribution in [0, 0.1) is 5.92 Å². The second-order valence-corrected chi connectivity index (χ2v) is 5.32. The van der Waals surface area contributed by atoms with E-state index >= 15 is 0 Å². The Hall–Kier alpha value is -0.200. The van der Waals surface area contributed by atoms with Gasteiger partial charge < -0.3 is 20.3 Å². The zero-order chi connectivity index (χ0) is 12.5. The third-order valence-electron chi connectivity index (χ3n) is 4.08. The SMILES string of the molecule is COC1CN(CC(O)(CN)C2CC2)CC1OC. The molecule has 0 radical (unpaired) electrons. The van der Waals surface area contributed by atoms with Crippen molar-refractivity contribution in [2.75, 3.05) is 40.4 Å². The zero-order valence-corrected chi connectivity index (χ0v) is 10.8. The molecule has 1 saturated carbocycles. The van der Waals surface area contributed by atoms with E-state index in [1.807, 2.05) is 0 Å². The van der Waals surface area contributed by atoms with Crippen LogP contribution in [0.15, 0.2) is 0 Å². The number of hydrogen-bond donors (Lipinski definition) is 2. The van der Waals surface area contributed by atoms with Crippen molar-refractivity contribution in [3.05, 3.63) is 0 Å². The van der Waals surface area contributed by atoms with Crippen molar-refractivity contribution < 1.29 is 14.6 Å². The number of aliphatic hydroxyl groups is 1. The molecule has 0 bridgehead atoms. The highest BCUT2D eigenvalue weighted by Gasteiger charge is 2.45. The van der Waals surface area contributed by atoms with Crippen molar-refractivity contribution >= 4 is 0 Å². The molecule has 1 heterocycles. The molecule has 3 N–H and O–H groups in total. The fraction of sp³-hybridized carbons (Fsp3) is 1.00. The van der Waals surface area contributed by atoms with Gasteiger partial charge in [-0.2, -0.15) is 0 Å². The molecule has 3 unspecified atom stereocenters. The summed E-state index contributed by atoms with van der Waals surface area (Å²) in [5.41, 5.74) is 5.00. The van der Waals surface area contributed by atoms with Crippen molar-refractivity contribution in [1.82, 2.24) is 4.90 Å². The van der Waals surface area contributed by atoms with Gasteiger partial charge in [-0.25, -0.2) is 0 Å². The second-order valence-electron chi connectivity index (χ2n) is 5.32. The Balaban J connectivity index is 1.91. The van der Waals surface area contributed by atoms with Crippen LogP contribution >= 0.6 is 0 Å². The Bertz CT molecular complexity index is 248. The van der Waals surface area contributed by atoms with Gasteiger partial charge in [-0.3, -0.25) is 4.90 Å². The average Bonchev–Trinajstić information content (AvgIpc) is 3.12. The molecule has 5 heteroatoms. The van der Waals surface area contributed by atoms with Gasteiger partial charge in [-0.15, -0.1) is 0 Å². The lowest BCUT2D eigenvalue weighted by Crippen LogP contribution is -2.49. The smallest absolute Gasteiger partial charge is 0.0971 e. The predicted octanol–water partition coefficient (Wildman–Crippen LogP) is -0.568. The van der Waals surface area contributed by atoms with E-state index in [4.69, 9.17) is 15.2 Å². The summed E-state index contributed by atoms with van der Waals surface area (Å²) in [7, 11) is 3.41. The van der Waals surface area contributed by atoms with Crippen LogP contribution in [0.2, 0.25) is 0 Å². The van der Waals surface area contributed by atoms with Gasteiger partial charge in [0, 0.05) is 40.4 Å². The van der Waals surface area contributed by atoms with E-state index in [0.717, 1.165) is 25.9 Å². The van der Waals surface area contributed by atoms with E-state index in [1.54, 1.807) is 14.2 Å². The van der Waals surface area contributed by atoms with Gasteiger partial charge in [-0.1, -0.05) is 0 Å². The summed E-state index contributed by atoms with van der Waals surface area (Å²) >= 11 is 0. The molecule has 2 aliphatic rings. The number of likely N-dealkylation sites (tertiary alicyclic amines) is 1. The first-order chi connectivity index (χ1) is 8.12. The minimum atomic E-state index is -0.721. The van der Waals surface area contributed by atoms with Crippen LogP contribution in [0.5, 0.6) is 0 Å². The van der Waals surface area contributed by atoms with Crippen molar-refractivity contribution in [3.63, 3.8) is 0 Å². The van der Waals surface area contributed by atoms with E-state index in [9.17, 15) is 5.11 Å². The first-order valence-corrected chi connectivity index (χ1v) is 6.33. The summed E-state index contributed by atoms with van der Waals surface area (Å²) in [5.74, 6) is 0.384. The van der Waals surface area contributed by atoms with E-state index in [-0.39, 0.29) is 12.2 Å². The normalized spacial score (nSPS) is 33.9. The Labute approximate surface area is 103 Å². The van der Waals surface area contributed by atoms with Crippen LogP contribution in [0.1, 0.15) is 12.8 Å². The molecule has 0 aromatic rings. The molecule has 100 valence electrons. The van der Waals surface area contributed by atoms with Gasteiger partial charge in [-0.05, 0) is 18.8 Å². The molecule has 3 atom stereocenters. The Kier molecular flexibility index (Phi) is 4.05. The first kappa shape index (κ1) is 13.2. The van der Waals surface area contributed by atoms with Gasteiger partial charge >= 0.3 is 0 Å². The summed E-state index contributed by atoms with van der Waals surface area (Å²) in [6.07, 6.45) is 2.40. The lowest BCUT2D eigenvalue weighted by Gasteiger charge is -2.31. The molecule has 2 fully saturated rings. The van der Waals surface area contributed by atoms with Gasteiger partial charge in [0.15, 0.2) is 0 Å². The summed E-state index contributed by atoms with van der Waals surface area (Å²) in [6.45, 7) is 2.59. The van der Waals surface area contributed by atoms with Gasteiger partial charge in [0.2, 0.25) is 0 Å². The molecule has 17 heavy (non-hydrogen) atoms. The summed E-state index contributed by atoms with van der Waals surface area (Å²) in [4.78, 5) is 2.20. The molecular formula is C12H24N2O3. The molecule has 1 saturated heterocycles. The van der Waals surface area contributed by atoms with Crippen LogP contribution in [-0.2, 0) is 9.47 Å². The third kappa shape index (κ3) is 2.80. The lowest BCUT2D eigenvalue weighted by atomic mass is 9.97. The maximum atomic E-state index is 10.5. The second kappa shape index (κ2) is 5.20. The van der Waals surface area contributed by atoms with Gasteiger partial charge in [0.25, 0.3) is 0 Å². The van der Waals surface area contributed by atoms with E-state index in [0.29, 0.717) is 19.0 Å². The highest BCUT2D eigenvalue weighted by molar-refractivity contribution is 4.99. The molecule has 0 aromatic heterocycles. The number of nitrogens with zero attached hydrogens (tertiary/aromatic N) is 1. The average molecular weight is 244 g/mol. The maximum Gasteiger partial charge on any atom is 0.0971 e. The predicted molar refractivity (Wildman–Crippen MR) is 64.8 cm³/mol. The maximum absolute atomic E-state index is 10.5. The molecule has 2 rings (SSSR count). The van der Waals surface area contributed by atoms with Gasteiger partial charge in [0.05, 0.1) is 17.8 Å². The van der Waals surface area contributed by atoms with Crippen LogP contribution in [0.25, 0.3) is 0 Å². The number of rotatable bonds is 6. The highest BCUT2D eigenvalue weighted by Crippen LogP contribution is 2.40. The van der Waals surface area contributed by atoms with Crippen LogP contribution in [0.4, 0.5) is 0 Å². The summed E-state index contributed by atoms with van der Waals surface area (Å²) < 4.78 is 10.8. The van der Waals surface area contributed by atoms with Gasteiger partial charge in [0.1, 0.15) is 0 Å². The Morgan fingerprint density at radius 1 is 1.24 bits per heavy atom. The molecule has 0 aromatic carbocycles. The Morgan fingerprint density at radius 2 is 1.76 bits per heavy atom. The van der Waals surface area contributed by atoms with E-state index in [2.05, 4.69) is 4.90 Å². The summed E-state index contributed by atoms with van der Waals surface area (Å²) in [6, 6.07) is 0. The number of nitrogens with two attached hydrogens (primary N) is 1. The standard InChI is InChI=1S/C12H24N2O3/c1-16-10-5-14(6-11(10)17-2)8-12(15,7-13)9-3-4-9/h9-11,15H,3-8,13H2,1-2H3. The van der Waals surface area contributed by atoms with Crippen LogP contribution in [0.3, 0.4) is 0 Å². The third-order valence-corrected chi connectivity index (χ3v) is 4.08. The molecule has 0 amide bonds. The largest absolute Gasteiger partial charge is 0.387 e. The van der Waals surface area contributed by atoms with Crippen LogP contribution in [-0.4, -0.2) is 68.2 Å². The van der Waals surface area contributed by atoms with Crippen molar-refractivity contribution in [2.24, 2.45) is 11.7 Å². The minimum Gasteiger partial charge on any atom is -0.387 e. The van der Waals surface area contributed by atoms with Crippen molar-refractivity contribution in [3.8, 4) is 0 Å². The fourth-order valence-electron chi connectivity index (χ4n) is 2.77. The molecule has 1 aliphatic carbocycles. The number of β-amino-alcohol motifs (C(OH)–C–C–N with tert-alkyl or cyclic N) is 1. The quantitative estimate of drug-likeness (QED) is 0.655. The van der Waals surface area contributed by atoms with Crippen LogP contribution < -0.4 is 5.73 Å². The Morgan fingerprint density at radius 3 is 2.12 bits per heavy atom. The van der Waals surface area contributed by atoms with Crippen molar-refractivity contribution in [1.29, 1.82) is 0 Å². The number of hydrogen-bond acceptors (Lipinski definition) is 5. The number of ether oxygens (including phenoxy) is 2. The van der Waals surface area contributed by atoms with E-state index < -0.39 is 5.60 Å². The first-order valence-electron chi connectivity index (χ1n) is 6.33. The van der Waals surface area contributed by atoms with Crippen molar-refractivity contribution in [2.45, 2.75) is 30.7 Å². The number of methoxy groups -OCH3 is 2. The molecule has 1 aliphatic heterocycles. The minimum absolute atomic E-state index is 0.0984. The monoisotopic (exact) mass is 244 g/mol. The lowest BCUT2D eigenvalue weighted by molar-refractivity contribution is -0.00651. The zero-order valence-electron chi connectivity index (χ0n) is 10.8. The summed E-state index contributed by atoms with van der Waals surface area (Å²) in [5, 5.41) is 10.5. The fourth-order valence-corrected chi connectivity index (χ4v) is 2.77.